The van der Waals surface area contributed by atoms with E-state index in [-0.39, 0.29) is 33.0 Å². The molecule has 4 rings (SSSR count). The Hall–Kier alpha value is -4.28. The zero-order valence-electron chi connectivity index (χ0n) is 23.6. The maximum absolute atomic E-state index is 14.5. The number of methoxy groups -OCH3 is 1. The molecule has 0 radical (unpaired) electrons. The van der Waals surface area contributed by atoms with E-state index in [4.69, 9.17) is 22.4 Å². The first-order chi connectivity index (χ1) is 18.0. The van der Waals surface area contributed by atoms with Gasteiger partial charge in [-0.1, -0.05) is 18.2 Å². The lowest BCUT2D eigenvalue weighted by atomic mass is 10.2. The summed E-state index contributed by atoms with van der Waals surface area (Å²) in [4.78, 5) is 24.5. The average Bonchev–Trinajstić information content (AvgIpc) is 3.20. The molecule has 0 aliphatic heterocycles. The van der Waals surface area contributed by atoms with Crippen LogP contribution in [0.1, 0.15) is 16.5 Å². The fourth-order valence-corrected chi connectivity index (χ4v) is 2.82. The van der Waals surface area contributed by atoms with Crippen LogP contribution in [-0.2, 0) is 11.2 Å². The number of fused-ring (bicyclic) bond motifs is 1. The van der Waals surface area contributed by atoms with Crippen LogP contribution in [-0.4, -0.2) is 44.8 Å². The zero-order chi connectivity index (χ0) is 28.9. The van der Waals surface area contributed by atoms with Gasteiger partial charge in [0.25, 0.3) is 0 Å². The van der Waals surface area contributed by atoms with Crippen molar-refractivity contribution in [3.8, 4) is 11.5 Å². The molecule has 4 aromatic rings. The third-order valence-electron chi connectivity index (χ3n) is 4.19. The van der Waals surface area contributed by atoms with Crippen molar-refractivity contribution in [2.24, 2.45) is 0 Å². The van der Waals surface area contributed by atoms with Crippen LogP contribution in [0.3, 0.4) is 0 Å². The number of pyridine rings is 1. The van der Waals surface area contributed by atoms with E-state index in [1.165, 1.54) is 36.5 Å². The number of hydrogen-bond donors (Lipinski definition) is 2. The molecule has 11 heteroatoms. The molecule has 1 amide bonds. The van der Waals surface area contributed by atoms with E-state index in [9.17, 15) is 9.18 Å². The van der Waals surface area contributed by atoms with Crippen molar-refractivity contribution < 1.29 is 24.9 Å². The van der Waals surface area contributed by atoms with Crippen LogP contribution < -0.4 is 16.4 Å². The first kappa shape index (κ1) is 12.4. The van der Waals surface area contributed by atoms with Gasteiger partial charge in [0.05, 0.1) is 25.8 Å². The van der Waals surface area contributed by atoms with E-state index >= 15 is 0 Å². The summed E-state index contributed by atoms with van der Waals surface area (Å²) in [6.07, 6.45) is -0.444. The maximum atomic E-state index is 14.5. The summed E-state index contributed by atoms with van der Waals surface area (Å²) < 4.78 is 81.0. The Morgan fingerprint density at radius 1 is 1.26 bits per heavy atom. The Labute approximate surface area is 187 Å². The predicted molar refractivity (Wildman–Crippen MR) is 114 cm³/mol. The minimum atomic E-state index is -3.30. The highest BCUT2D eigenvalue weighted by Gasteiger charge is 2.23. The Morgan fingerprint density at radius 3 is 2.74 bits per heavy atom. The molecule has 0 atom stereocenters. The van der Waals surface area contributed by atoms with E-state index in [1.54, 1.807) is 0 Å². The molecule has 3 heterocycles. The second kappa shape index (κ2) is 7.86. The van der Waals surface area contributed by atoms with Crippen molar-refractivity contribution in [3.63, 3.8) is 0 Å². The average molecular weight is 430 g/mol. The van der Waals surface area contributed by atoms with E-state index in [2.05, 4.69) is 24.8 Å². The molecule has 1 aromatic carbocycles. The van der Waals surface area contributed by atoms with Gasteiger partial charge >= 0.3 is 6.09 Å². The van der Waals surface area contributed by atoms with Crippen LogP contribution >= 0.6 is 0 Å². The number of anilines is 3. The maximum Gasteiger partial charge on any atom is 0.413 e. The molecule has 4 N–H and O–H groups in total. The van der Waals surface area contributed by atoms with E-state index in [1.807, 2.05) is 0 Å². The van der Waals surface area contributed by atoms with E-state index < -0.39 is 49.7 Å². The Morgan fingerprint density at radius 2 is 2.03 bits per heavy atom. The monoisotopic (exact) mass is 430 g/mol. The number of ether oxygens (including phenoxy) is 1. The van der Waals surface area contributed by atoms with Crippen LogP contribution in [0, 0.1) is 5.82 Å². The van der Waals surface area contributed by atoms with Gasteiger partial charge in [0.1, 0.15) is 17.2 Å². The number of nitrogen functional groups attached to an aromatic ring is 2. The van der Waals surface area contributed by atoms with Gasteiger partial charge in [0, 0.05) is 22.8 Å². The molecule has 31 heavy (non-hydrogen) atoms. The van der Waals surface area contributed by atoms with Crippen LogP contribution in [0.25, 0.3) is 22.6 Å². The molecule has 0 aliphatic rings. The standard InChI is InChI=1S/C20H19FN8O2/c1-28(20(30)31-2)15-16(22)25-18(26-17(15)23)14-12-7-5-9-24-19(12)29(27-14)10-11-6-3-4-8-13(11)21/h3-9H,10H2,1-2H3,(H4,22,23,25,26)/i1D3,2D3,10D2. The van der Waals surface area contributed by atoms with Crippen molar-refractivity contribution in [3.05, 3.63) is 54.0 Å². The van der Waals surface area contributed by atoms with Crippen molar-refractivity contribution in [1.82, 2.24) is 24.7 Å². The molecular weight excluding hydrogens is 403 g/mol. The Kier molecular flexibility index (Phi) is 3.15. The largest absolute Gasteiger partial charge is 0.452 e. The van der Waals surface area contributed by atoms with Crippen LogP contribution in [0.4, 0.5) is 26.5 Å². The van der Waals surface area contributed by atoms with Gasteiger partial charge in [-0.25, -0.2) is 28.8 Å². The molecule has 0 bridgehead atoms. The highest BCUT2D eigenvalue weighted by Crippen LogP contribution is 2.32. The fourth-order valence-electron chi connectivity index (χ4n) is 2.82. The molecule has 10 nitrogen and oxygen atoms in total. The second-order valence-corrected chi connectivity index (χ2v) is 6.10. The topological polar surface area (TPSA) is 138 Å². The lowest BCUT2D eigenvalue weighted by molar-refractivity contribution is 0.180. The molecule has 0 saturated carbocycles. The third kappa shape index (κ3) is 3.56. The fraction of sp³-hybridized carbons (Fsp3) is 0.150. The molecule has 0 aliphatic carbocycles. The molecular formula is C20H19FN8O2. The van der Waals surface area contributed by atoms with Gasteiger partial charge in [-0.15, -0.1) is 0 Å². The molecule has 158 valence electrons. The SMILES string of the molecule is [2H]C([2H])([2H])OC(=O)N(c1c(N)nc(-c2nn(C([2H])([2H])c3ccccc3F)c3ncccc23)nc1N)C([2H])([2H])[2H]. The summed E-state index contributed by atoms with van der Waals surface area (Å²) >= 11 is 0. The van der Waals surface area contributed by atoms with Crippen molar-refractivity contribution >= 4 is 34.4 Å². The third-order valence-corrected chi connectivity index (χ3v) is 4.19. The smallest absolute Gasteiger partial charge is 0.413 e. The first-order valence-electron chi connectivity index (χ1n) is 12.6. The molecule has 0 spiro atoms. The van der Waals surface area contributed by atoms with Gasteiger partial charge in [-0.3, -0.25) is 4.90 Å². The summed E-state index contributed by atoms with van der Waals surface area (Å²) in [6, 6.07) is 8.20. The Bertz CT molecular complexity index is 1550. The minimum Gasteiger partial charge on any atom is -0.452 e. The lowest BCUT2D eigenvalue weighted by Crippen LogP contribution is -2.28. The van der Waals surface area contributed by atoms with E-state index in [0.29, 0.717) is 0 Å². The minimum absolute atomic E-state index is 0.0176. The summed E-state index contributed by atoms with van der Waals surface area (Å²) in [5.41, 5.74) is 10.7. The quantitative estimate of drug-likeness (QED) is 0.503. The number of hydrogen-bond acceptors (Lipinski definition) is 8. The zero-order valence-corrected chi connectivity index (χ0v) is 15.6. The number of carbonyl (C=O) groups is 1. The summed E-state index contributed by atoms with van der Waals surface area (Å²) in [6.45, 7) is -5.84. The molecule has 0 fully saturated rings. The number of benzene rings is 1. The van der Waals surface area contributed by atoms with Crippen LogP contribution in [0.5, 0.6) is 0 Å². The number of amides is 1. The Balaban J connectivity index is 1.89. The van der Waals surface area contributed by atoms with Gasteiger partial charge < -0.3 is 16.2 Å². The highest BCUT2D eigenvalue weighted by atomic mass is 19.1. The number of rotatable bonds is 4. The van der Waals surface area contributed by atoms with Crippen molar-refractivity contribution in [2.45, 2.75) is 6.50 Å². The van der Waals surface area contributed by atoms with Crippen LogP contribution in [0.2, 0.25) is 0 Å². The number of halogens is 1. The summed E-state index contributed by atoms with van der Waals surface area (Å²) in [5.74, 6) is -2.45. The molecule has 0 saturated heterocycles. The summed E-state index contributed by atoms with van der Waals surface area (Å²) in [7, 11) is -3.28. The normalized spacial score (nSPS) is 16.0. The number of carbonyl (C=O) groups excluding carboxylic acids is 1. The van der Waals surface area contributed by atoms with E-state index in [0.717, 1.165) is 10.7 Å². The van der Waals surface area contributed by atoms with Crippen molar-refractivity contribution in [2.75, 3.05) is 30.4 Å². The van der Waals surface area contributed by atoms with Crippen LogP contribution in [0.15, 0.2) is 42.6 Å². The number of nitrogens with zero attached hydrogens (tertiary/aromatic N) is 6. The van der Waals surface area contributed by atoms with Gasteiger partial charge in [0.2, 0.25) is 0 Å². The number of nitrogens with two attached hydrogens (primary N) is 2. The number of aromatic nitrogens is 5. The summed E-state index contributed by atoms with van der Waals surface area (Å²) in [5, 5.41) is 4.43. The first-order valence-corrected chi connectivity index (χ1v) is 8.58. The van der Waals surface area contributed by atoms with Gasteiger partial charge in [-0.05, 0) is 18.2 Å². The van der Waals surface area contributed by atoms with Gasteiger partial charge in [-0.2, -0.15) is 5.10 Å². The lowest BCUT2D eigenvalue weighted by Gasteiger charge is -2.18. The molecule has 3 aromatic heterocycles. The predicted octanol–water partition coefficient (Wildman–Crippen LogP) is 2.44. The van der Waals surface area contributed by atoms with Gasteiger partial charge in [0.15, 0.2) is 23.1 Å². The molecule has 0 unspecified atom stereocenters. The van der Waals surface area contributed by atoms with Crippen molar-refractivity contribution in [1.29, 1.82) is 0 Å². The second-order valence-electron chi connectivity index (χ2n) is 6.10. The highest BCUT2D eigenvalue weighted by molar-refractivity contribution is 5.96.